The predicted molar refractivity (Wildman–Crippen MR) is 64.3 cm³/mol. The first-order chi connectivity index (χ1) is 8.07. The monoisotopic (exact) mass is 238 g/mol. The van der Waals surface area contributed by atoms with E-state index in [0.717, 1.165) is 5.57 Å². The second-order valence-corrected chi connectivity index (χ2v) is 3.68. The van der Waals surface area contributed by atoms with Crippen LogP contribution in [-0.4, -0.2) is 32.1 Å². The number of esters is 1. The van der Waals surface area contributed by atoms with Crippen LogP contribution in [0.5, 0.6) is 0 Å². The van der Waals surface area contributed by atoms with Gasteiger partial charge in [0.2, 0.25) is 0 Å². The van der Waals surface area contributed by atoms with Crippen LogP contribution in [0.15, 0.2) is 36.0 Å². The van der Waals surface area contributed by atoms with Gasteiger partial charge in [-0.25, -0.2) is 0 Å². The summed E-state index contributed by atoms with van der Waals surface area (Å²) in [6.45, 7) is 3.27. The van der Waals surface area contributed by atoms with Crippen LogP contribution in [-0.2, 0) is 19.0 Å². The molecule has 1 rings (SSSR count). The lowest BCUT2D eigenvalue weighted by Gasteiger charge is -2.35. The first-order valence-corrected chi connectivity index (χ1v) is 5.39. The van der Waals surface area contributed by atoms with Gasteiger partial charge in [0.1, 0.15) is 6.10 Å². The van der Waals surface area contributed by atoms with E-state index in [0.29, 0.717) is 0 Å². The quantitative estimate of drug-likeness (QED) is 0.555. The number of methoxy groups -OCH3 is 2. The Labute approximate surface area is 102 Å². The molecule has 0 bridgehead atoms. The normalized spacial score (nSPS) is 28.2. The molecule has 0 amide bonds. The predicted octanol–water partition coefficient (Wildman–Crippen LogP) is 1.98. The number of hydrogen-bond donors (Lipinski definition) is 0. The van der Waals surface area contributed by atoms with Crippen LogP contribution in [0, 0.1) is 0 Å². The Hall–Kier alpha value is -1.39. The maximum absolute atomic E-state index is 11.1. The maximum atomic E-state index is 11.1. The molecule has 0 saturated heterocycles. The third kappa shape index (κ3) is 3.05. The summed E-state index contributed by atoms with van der Waals surface area (Å²) < 4.78 is 15.8. The fourth-order valence-corrected chi connectivity index (χ4v) is 1.73. The third-order valence-electron chi connectivity index (χ3n) is 2.48. The van der Waals surface area contributed by atoms with Crippen LogP contribution < -0.4 is 0 Å². The Morgan fingerprint density at radius 2 is 2.18 bits per heavy atom. The number of hydrogen-bond acceptors (Lipinski definition) is 4. The maximum Gasteiger partial charge on any atom is 0.305 e. The van der Waals surface area contributed by atoms with Crippen molar-refractivity contribution >= 4 is 5.97 Å². The molecule has 94 valence electrons. The van der Waals surface area contributed by atoms with Gasteiger partial charge >= 0.3 is 5.97 Å². The summed E-state index contributed by atoms with van der Waals surface area (Å²) in [6, 6.07) is 0. The van der Waals surface area contributed by atoms with Gasteiger partial charge in [-0.3, -0.25) is 4.79 Å². The van der Waals surface area contributed by atoms with E-state index < -0.39 is 17.9 Å². The Balaban J connectivity index is 3.02. The van der Waals surface area contributed by atoms with Crippen LogP contribution in [0.4, 0.5) is 0 Å². The zero-order valence-electron chi connectivity index (χ0n) is 10.6. The summed E-state index contributed by atoms with van der Waals surface area (Å²) in [4.78, 5) is 11.1. The topological polar surface area (TPSA) is 44.8 Å². The minimum Gasteiger partial charge on any atom is -0.426 e. The second kappa shape index (κ2) is 5.80. The molecular formula is C13H18O4. The molecule has 2 unspecified atom stereocenters. The first kappa shape index (κ1) is 13.7. The average molecular weight is 238 g/mol. The van der Waals surface area contributed by atoms with Gasteiger partial charge in [-0.15, -0.1) is 0 Å². The van der Waals surface area contributed by atoms with E-state index in [2.05, 4.69) is 0 Å². The van der Waals surface area contributed by atoms with Crippen molar-refractivity contribution in [2.45, 2.75) is 25.7 Å². The minimum atomic E-state index is -1.17. The number of carbonyl (C=O) groups is 1. The smallest absolute Gasteiger partial charge is 0.305 e. The van der Waals surface area contributed by atoms with E-state index in [4.69, 9.17) is 14.2 Å². The van der Waals surface area contributed by atoms with Crippen LogP contribution in [0.25, 0.3) is 0 Å². The highest BCUT2D eigenvalue weighted by Crippen LogP contribution is 2.29. The van der Waals surface area contributed by atoms with Gasteiger partial charge in [-0.1, -0.05) is 18.2 Å². The standard InChI is InChI=1S/C13H18O4/c1-5-6-11-7-8-13(16-4,17-10(2)14)12(9-11)15-3/h5-9,12H,1-4H3. The van der Waals surface area contributed by atoms with Crippen LogP contribution >= 0.6 is 0 Å². The highest BCUT2D eigenvalue weighted by atomic mass is 16.7. The van der Waals surface area contributed by atoms with Crippen molar-refractivity contribution in [2.75, 3.05) is 14.2 Å². The Morgan fingerprint density at radius 3 is 2.65 bits per heavy atom. The van der Waals surface area contributed by atoms with Crippen molar-refractivity contribution in [3.8, 4) is 0 Å². The van der Waals surface area contributed by atoms with E-state index >= 15 is 0 Å². The van der Waals surface area contributed by atoms with Gasteiger partial charge in [0.25, 0.3) is 5.79 Å². The lowest BCUT2D eigenvalue weighted by molar-refractivity contribution is -0.229. The molecule has 0 heterocycles. The third-order valence-corrected chi connectivity index (χ3v) is 2.48. The van der Waals surface area contributed by atoms with Crippen molar-refractivity contribution in [3.63, 3.8) is 0 Å². The number of rotatable bonds is 4. The molecule has 17 heavy (non-hydrogen) atoms. The van der Waals surface area contributed by atoms with Gasteiger partial charge < -0.3 is 14.2 Å². The molecule has 0 aliphatic heterocycles. The number of ether oxygens (including phenoxy) is 3. The molecule has 0 radical (unpaired) electrons. The van der Waals surface area contributed by atoms with E-state index in [-0.39, 0.29) is 0 Å². The molecule has 4 nitrogen and oxygen atoms in total. The summed E-state index contributed by atoms with van der Waals surface area (Å²) in [7, 11) is 3.03. The van der Waals surface area contributed by atoms with E-state index in [1.165, 1.54) is 14.0 Å². The summed E-state index contributed by atoms with van der Waals surface area (Å²) in [5.41, 5.74) is 0.985. The van der Waals surface area contributed by atoms with Gasteiger partial charge in [0, 0.05) is 21.1 Å². The second-order valence-electron chi connectivity index (χ2n) is 3.68. The van der Waals surface area contributed by atoms with E-state index in [1.807, 2.05) is 31.2 Å². The fraction of sp³-hybridized carbons (Fsp3) is 0.462. The summed E-state index contributed by atoms with van der Waals surface area (Å²) in [6.07, 6.45) is 8.78. The zero-order chi connectivity index (χ0) is 12.9. The lowest BCUT2D eigenvalue weighted by atomic mass is 9.98. The lowest BCUT2D eigenvalue weighted by Crippen LogP contribution is -2.47. The fourth-order valence-electron chi connectivity index (χ4n) is 1.73. The average Bonchev–Trinajstić information content (AvgIpc) is 2.30. The van der Waals surface area contributed by atoms with Crippen LogP contribution in [0.3, 0.4) is 0 Å². The molecule has 0 aromatic heterocycles. The molecule has 0 N–H and O–H groups in total. The summed E-state index contributed by atoms with van der Waals surface area (Å²) >= 11 is 0. The van der Waals surface area contributed by atoms with E-state index in [1.54, 1.807) is 13.2 Å². The highest BCUT2D eigenvalue weighted by molar-refractivity contribution is 5.67. The van der Waals surface area contributed by atoms with Gasteiger partial charge in [0.05, 0.1) is 0 Å². The van der Waals surface area contributed by atoms with Crippen molar-refractivity contribution in [1.29, 1.82) is 0 Å². The van der Waals surface area contributed by atoms with Crippen LogP contribution in [0.2, 0.25) is 0 Å². The molecule has 1 aliphatic rings. The summed E-state index contributed by atoms with van der Waals surface area (Å²) in [5, 5.41) is 0. The van der Waals surface area contributed by atoms with Gasteiger partial charge in [-0.2, -0.15) is 0 Å². The number of allylic oxidation sites excluding steroid dienone is 4. The molecular weight excluding hydrogens is 220 g/mol. The van der Waals surface area contributed by atoms with Gasteiger partial charge in [-0.05, 0) is 24.6 Å². The van der Waals surface area contributed by atoms with E-state index in [9.17, 15) is 4.79 Å². The van der Waals surface area contributed by atoms with Crippen molar-refractivity contribution in [3.05, 3.63) is 36.0 Å². The zero-order valence-corrected chi connectivity index (χ0v) is 10.6. The highest BCUT2D eigenvalue weighted by Gasteiger charge is 2.41. The summed E-state index contributed by atoms with van der Waals surface area (Å²) in [5.74, 6) is -1.59. The molecule has 2 atom stereocenters. The Morgan fingerprint density at radius 1 is 1.47 bits per heavy atom. The molecule has 0 fully saturated rings. The SMILES string of the molecule is CC=CC1=CC(OC)C(OC)(OC(C)=O)C=C1. The van der Waals surface area contributed by atoms with Crippen molar-refractivity contribution in [2.24, 2.45) is 0 Å². The largest absolute Gasteiger partial charge is 0.426 e. The van der Waals surface area contributed by atoms with Crippen LogP contribution in [0.1, 0.15) is 13.8 Å². The number of carbonyl (C=O) groups excluding carboxylic acids is 1. The van der Waals surface area contributed by atoms with Crippen molar-refractivity contribution in [1.82, 2.24) is 0 Å². The minimum absolute atomic E-state index is 0.415. The first-order valence-electron chi connectivity index (χ1n) is 5.39. The molecule has 0 spiro atoms. The van der Waals surface area contributed by atoms with Crippen molar-refractivity contribution < 1.29 is 19.0 Å². The molecule has 0 aromatic carbocycles. The molecule has 0 saturated carbocycles. The Kier molecular flexibility index (Phi) is 4.66. The molecule has 0 aromatic rings. The molecule has 4 heteroatoms. The van der Waals surface area contributed by atoms with Gasteiger partial charge in [0.15, 0.2) is 0 Å². The molecule has 1 aliphatic carbocycles. The Bertz CT molecular complexity index is 368.